The monoisotopic (exact) mass is 467 g/mol. The Hall–Kier alpha value is -0.262. The number of imidazole rings is 1. The molecule has 0 spiro atoms. The molecule has 6 nitrogen and oxygen atoms in total. The Bertz CT molecular complexity index is 405. The van der Waals surface area contributed by atoms with Gasteiger partial charge >= 0.3 is 113 Å². The summed E-state index contributed by atoms with van der Waals surface area (Å²) in [6.45, 7) is 3.57. The molecule has 7 heteroatoms. The molecule has 0 unspecified atom stereocenters. The Morgan fingerprint density at radius 1 is 1.00 bits per heavy atom. The van der Waals surface area contributed by atoms with E-state index in [2.05, 4.69) is 52.8 Å². The fraction of sp³-hybridized carbons (Fsp3) is 0.769. The average molecular weight is 467 g/mol. The van der Waals surface area contributed by atoms with E-state index in [1.54, 1.807) is 0 Å². The van der Waals surface area contributed by atoms with E-state index < -0.39 is 0 Å². The first kappa shape index (κ1) is 17.8. The van der Waals surface area contributed by atoms with Gasteiger partial charge in [-0.05, 0) is 0 Å². The number of hydrogen-bond donors (Lipinski definition) is 1. The number of ether oxygens (including phenoxy) is 2. The standard InChI is InChI=1S/C13H24N2O4.Pt/c1-14-6-7-15(13-14)5-3-2-4-8-17-9-10-18-11-12-19-16;/h6-7,16H,2-5,8-12H2,1H3;. The van der Waals surface area contributed by atoms with Gasteiger partial charge in [-0.25, -0.2) is 4.89 Å². The van der Waals surface area contributed by atoms with Gasteiger partial charge in [0.05, 0.1) is 0 Å². The second-order valence-electron chi connectivity index (χ2n) is 4.46. The second kappa shape index (κ2) is 11.4. The number of nitrogens with zero attached hydrogens (tertiary/aromatic N) is 2. The summed E-state index contributed by atoms with van der Waals surface area (Å²) in [5.41, 5.74) is 0. The molecule has 0 fully saturated rings. The summed E-state index contributed by atoms with van der Waals surface area (Å²) in [5.74, 6) is 0. The predicted octanol–water partition coefficient (Wildman–Crippen LogP) is 1.60. The van der Waals surface area contributed by atoms with E-state index in [0.29, 0.717) is 19.8 Å². The molecule has 20 heavy (non-hydrogen) atoms. The molecule has 0 saturated carbocycles. The van der Waals surface area contributed by atoms with Crippen LogP contribution in [0.15, 0.2) is 12.4 Å². The van der Waals surface area contributed by atoms with E-state index in [0.717, 1.165) is 26.0 Å². The molecule has 1 heterocycles. The van der Waals surface area contributed by atoms with E-state index in [4.69, 9.17) is 14.7 Å². The van der Waals surface area contributed by atoms with E-state index in [9.17, 15) is 0 Å². The molecule has 0 saturated heterocycles. The van der Waals surface area contributed by atoms with Gasteiger partial charge in [0.25, 0.3) is 0 Å². The molecule has 0 aliphatic heterocycles. The van der Waals surface area contributed by atoms with Gasteiger partial charge in [0, 0.05) is 0 Å². The quantitative estimate of drug-likeness (QED) is 0.288. The van der Waals surface area contributed by atoms with Crippen LogP contribution in [0.4, 0.5) is 0 Å². The van der Waals surface area contributed by atoms with Gasteiger partial charge in [-0.1, -0.05) is 0 Å². The van der Waals surface area contributed by atoms with Gasteiger partial charge in [0.1, 0.15) is 6.61 Å². The number of aromatic nitrogens is 2. The Morgan fingerprint density at radius 2 is 1.70 bits per heavy atom. The predicted molar refractivity (Wildman–Crippen MR) is 70.7 cm³/mol. The Kier molecular flexibility index (Phi) is 10.1. The fourth-order valence-electron chi connectivity index (χ4n) is 1.74. The van der Waals surface area contributed by atoms with Gasteiger partial charge in [-0.3, -0.25) is 5.26 Å². The first-order chi connectivity index (χ1) is 9.75. The van der Waals surface area contributed by atoms with Crippen LogP contribution in [0.25, 0.3) is 0 Å². The zero-order valence-corrected chi connectivity index (χ0v) is 14.2. The molecular formula is C13H24N2O4Pt. The molecule has 0 bridgehead atoms. The van der Waals surface area contributed by atoms with Gasteiger partial charge in [-0.2, -0.15) is 0 Å². The maximum atomic E-state index is 8.08. The van der Waals surface area contributed by atoms with Crippen LogP contribution in [-0.4, -0.2) is 47.4 Å². The van der Waals surface area contributed by atoms with Gasteiger partial charge < -0.3 is 0 Å². The van der Waals surface area contributed by atoms with Crippen LogP contribution in [-0.2, 0) is 47.3 Å². The van der Waals surface area contributed by atoms with Crippen molar-refractivity contribution in [2.75, 3.05) is 33.0 Å². The van der Waals surface area contributed by atoms with Gasteiger partial charge in [0.15, 0.2) is 0 Å². The summed E-state index contributed by atoms with van der Waals surface area (Å²) in [4.78, 5) is 3.89. The molecular weight excluding hydrogens is 443 g/mol. The minimum atomic E-state index is 0.204. The van der Waals surface area contributed by atoms with Crippen molar-refractivity contribution < 1.29 is 39.0 Å². The van der Waals surface area contributed by atoms with Crippen LogP contribution in [0.3, 0.4) is 0 Å². The van der Waals surface area contributed by atoms with E-state index in [-0.39, 0.29) is 6.61 Å². The molecule has 0 atom stereocenters. The summed E-state index contributed by atoms with van der Waals surface area (Å²) < 4.78 is 16.2. The first-order valence-electron chi connectivity index (χ1n) is 6.84. The average Bonchev–Trinajstić information content (AvgIpc) is 2.76. The number of hydrogen-bond acceptors (Lipinski definition) is 4. The van der Waals surface area contributed by atoms with Crippen LogP contribution in [0.5, 0.6) is 0 Å². The van der Waals surface area contributed by atoms with Crippen LogP contribution >= 0.6 is 0 Å². The Balaban J connectivity index is 1.88. The SMILES string of the molecule is Cn1ccn(CCCCCOCCOCCOO)[c]1=[Pt]. The molecule has 0 amide bonds. The zero-order chi connectivity index (χ0) is 14.6. The number of aryl methyl sites for hydroxylation is 2. The van der Waals surface area contributed by atoms with Crippen molar-refractivity contribution in [3.8, 4) is 0 Å². The topological polar surface area (TPSA) is 57.8 Å². The molecule has 0 aliphatic carbocycles. The van der Waals surface area contributed by atoms with Crippen molar-refractivity contribution >= 4 is 0 Å². The molecule has 1 N–H and O–H groups in total. The first-order valence-corrected chi connectivity index (χ1v) is 7.98. The molecule has 1 aromatic rings. The third-order valence-corrected chi connectivity index (χ3v) is 4.29. The van der Waals surface area contributed by atoms with Crippen LogP contribution in [0.1, 0.15) is 19.3 Å². The number of rotatable bonds is 12. The van der Waals surface area contributed by atoms with Crippen LogP contribution in [0.2, 0.25) is 0 Å². The maximum absolute atomic E-state index is 8.08. The Morgan fingerprint density at radius 3 is 2.35 bits per heavy atom. The van der Waals surface area contributed by atoms with Gasteiger partial charge in [0.2, 0.25) is 0 Å². The molecule has 1 aromatic heterocycles. The summed E-state index contributed by atoms with van der Waals surface area (Å²) in [6, 6.07) is 0. The summed E-state index contributed by atoms with van der Waals surface area (Å²) in [5, 5.41) is 8.08. The van der Waals surface area contributed by atoms with E-state index >= 15 is 0 Å². The summed E-state index contributed by atoms with van der Waals surface area (Å²) in [7, 11) is 2.06. The van der Waals surface area contributed by atoms with Gasteiger partial charge in [-0.15, -0.1) is 0 Å². The van der Waals surface area contributed by atoms with Crippen LogP contribution < -0.4 is 0 Å². The third kappa shape index (κ3) is 7.50. The normalized spacial score (nSPS) is 11.2. The van der Waals surface area contributed by atoms with Crippen molar-refractivity contribution in [2.45, 2.75) is 25.8 Å². The van der Waals surface area contributed by atoms with Crippen molar-refractivity contribution in [3.63, 3.8) is 0 Å². The van der Waals surface area contributed by atoms with Crippen molar-refractivity contribution in [1.82, 2.24) is 9.13 Å². The summed E-state index contributed by atoms with van der Waals surface area (Å²) in [6.07, 6.45) is 7.60. The second-order valence-corrected chi connectivity index (χ2v) is 5.48. The summed E-state index contributed by atoms with van der Waals surface area (Å²) >= 11 is 2.34. The van der Waals surface area contributed by atoms with Crippen LogP contribution in [0, 0.1) is 3.80 Å². The van der Waals surface area contributed by atoms with Crippen molar-refractivity contribution in [1.29, 1.82) is 0 Å². The minimum absolute atomic E-state index is 0.204. The molecule has 1 rings (SSSR count). The molecule has 0 aromatic carbocycles. The van der Waals surface area contributed by atoms with Crippen molar-refractivity contribution in [2.24, 2.45) is 7.05 Å². The van der Waals surface area contributed by atoms with E-state index in [1.165, 1.54) is 10.2 Å². The molecule has 0 aliphatic rings. The van der Waals surface area contributed by atoms with E-state index in [1.807, 2.05) is 0 Å². The third-order valence-electron chi connectivity index (χ3n) is 2.84. The van der Waals surface area contributed by atoms with Crippen molar-refractivity contribution in [3.05, 3.63) is 16.2 Å². The zero-order valence-electron chi connectivity index (χ0n) is 11.9. The number of unbranched alkanes of at least 4 members (excludes halogenated alkanes) is 2. The Labute approximate surface area is 130 Å². The fourth-order valence-corrected chi connectivity index (χ4v) is 2.33. The molecule has 120 valence electrons. The molecule has 0 radical (unpaired) electrons.